The average molecular weight is 678 g/mol. The summed E-state index contributed by atoms with van der Waals surface area (Å²) in [6.07, 6.45) is 8.28. The fourth-order valence-corrected chi connectivity index (χ4v) is 7.83. The Kier molecular flexibility index (Phi) is 10.6. The molecule has 0 radical (unpaired) electrons. The van der Waals surface area contributed by atoms with E-state index in [0.29, 0.717) is 42.7 Å². The average Bonchev–Trinajstić information content (AvgIpc) is 3.87. The number of fused-ring (bicyclic) bond motifs is 2. The monoisotopic (exact) mass is 677 g/mol. The van der Waals surface area contributed by atoms with Crippen LogP contribution in [0.3, 0.4) is 0 Å². The van der Waals surface area contributed by atoms with Gasteiger partial charge in [0.25, 0.3) is 0 Å². The number of rotatable bonds is 8. The van der Waals surface area contributed by atoms with Crippen molar-refractivity contribution in [1.29, 1.82) is 0 Å². The predicted molar refractivity (Wildman–Crippen MR) is 197 cm³/mol. The summed E-state index contributed by atoms with van der Waals surface area (Å²) in [6, 6.07) is 21.5. The second kappa shape index (κ2) is 15.1. The Hall–Kier alpha value is -4.69. The number of benzene rings is 4. The highest BCUT2D eigenvalue weighted by molar-refractivity contribution is 6.00. The van der Waals surface area contributed by atoms with Crippen molar-refractivity contribution in [2.75, 3.05) is 33.3 Å². The van der Waals surface area contributed by atoms with Gasteiger partial charge >= 0.3 is 5.97 Å². The molecule has 8 heteroatoms. The van der Waals surface area contributed by atoms with E-state index in [1.807, 2.05) is 42.2 Å². The van der Waals surface area contributed by atoms with Crippen LogP contribution in [0.25, 0.3) is 27.6 Å². The topological polar surface area (TPSA) is 96.1 Å². The largest absolute Gasteiger partial charge is 0.496 e. The second-order valence-corrected chi connectivity index (χ2v) is 14.0. The lowest BCUT2D eigenvalue weighted by Crippen LogP contribution is -2.46. The lowest BCUT2D eigenvalue weighted by Gasteiger charge is -2.36. The van der Waals surface area contributed by atoms with Crippen molar-refractivity contribution in [3.05, 3.63) is 106 Å². The molecule has 4 aromatic rings. The van der Waals surface area contributed by atoms with E-state index in [9.17, 15) is 19.1 Å². The van der Waals surface area contributed by atoms with Crippen LogP contribution in [0.2, 0.25) is 0 Å². The lowest BCUT2D eigenvalue weighted by atomic mass is 9.86. The Morgan fingerprint density at radius 1 is 1.00 bits per heavy atom. The van der Waals surface area contributed by atoms with E-state index >= 15 is 0 Å². The molecule has 0 aromatic heterocycles. The summed E-state index contributed by atoms with van der Waals surface area (Å²) in [5.74, 6) is 0.0166. The lowest BCUT2D eigenvalue weighted by molar-refractivity contribution is -0.137. The number of hydrogen-bond donors (Lipinski definition) is 2. The standard InChI is InChI=1S/C32H36N2O4.C10H12FN/c1-38-28-11-9-23-19-34(29(35)20-33-17-4-14-32(21-33)15-16-32)18-13-25(23)31(28)27-8-3-6-24-22(10-12-30(36)37)5-2-7-26(24)27;1-3-9(12)10-7(2)5-4-6-8(10)11/h2-3,5-9,11H,4,10,12-21H2,1H3,(H,36,37);3-6H,12H2,1-2H3/b;9-3+. The molecule has 1 saturated heterocycles. The summed E-state index contributed by atoms with van der Waals surface area (Å²) in [5, 5.41) is 11.4. The smallest absolute Gasteiger partial charge is 0.303 e. The summed E-state index contributed by atoms with van der Waals surface area (Å²) < 4.78 is 19.0. The van der Waals surface area contributed by atoms with Crippen LogP contribution >= 0.6 is 0 Å². The number of hydrogen-bond acceptors (Lipinski definition) is 5. The minimum atomic E-state index is -0.789. The molecular weight excluding hydrogens is 629 g/mol. The normalized spacial score (nSPS) is 16.8. The summed E-state index contributed by atoms with van der Waals surface area (Å²) in [4.78, 5) is 28.9. The molecule has 0 bridgehead atoms. The van der Waals surface area contributed by atoms with Gasteiger partial charge in [0.05, 0.1) is 13.7 Å². The fraction of sp³-hybridized carbons (Fsp3) is 0.381. The zero-order valence-corrected chi connectivity index (χ0v) is 29.4. The molecule has 1 aliphatic carbocycles. The van der Waals surface area contributed by atoms with Gasteiger partial charge in [-0.25, -0.2) is 4.39 Å². The summed E-state index contributed by atoms with van der Waals surface area (Å²) in [7, 11) is 1.71. The minimum absolute atomic E-state index is 0.107. The number of aliphatic carboxylic acids is 1. The van der Waals surface area contributed by atoms with Crippen LogP contribution in [0.1, 0.15) is 66.8 Å². The van der Waals surface area contributed by atoms with Crippen molar-refractivity contribution in [2.24, 2.45) is 11.1 Å². The van der Waals surface area contributed by atoms with Gasteiger partial charge in [0.2, 0.25) is 5.91 Å². The molecule has 2 heterocycles. The first kappa shape index (κ1) is 35.1. The molecule has 4 aromatic carbocycles. The number of nitrogens with zero attached hydrogens (tertiary/aromatic N) is 2. The molecule has 1 amide bonds. The fourth-order valence-electron chi connectivity index (χ4n) is 7.83. The van der Waals surface area contributed by atoms with Crippen molar-refractivity contribution < 1.29 is 23.8 Å². The summed E-state index contributed by atoms with van der Waals surface area (Å²) in [6.45, 7) is 7.62. The third-order valence-electron chi connectivity index (χ3n) is 10.7. The number of ether oxygens (including phenoxy) is 1. The zero-order chi connectivity index (χ0) is 35.4. The number of carboxylic acid groups (broad SMARTS) is 1. The Morgan fingerprint density at radius 2 is 1.76 bits per heavy atom. The maximum absolute atomic E-state index is 13.3. The molecule has 2 fully saturated rings. The molecule has 0 atom stereocenters. The second-order valence-electron chi connectivity index (χ2n) is 14.0. The van der Waals surface area contributed by atoms with E-state index in [0.717, 1.165) is 58.3 Å². The molecule has 3 aliphatic rings. The van der Waals surface area contributed by atoms with E-state index in [1.165, 1.54) is 42.9 Å². The van der Waals surface area contributed by atoms with E-state index in [-0.39, 0.29) is 18.1 Å². The van der Waals surface area contributed by atoms with Crippen LogP contribution in [0, 0.1) is 18.2 Å². The number of amides is 1. The SMILES string of the molecule is C/C=C(/N)c1c(C)cccc1F.COc1ccc2c(c1-c1cccc3c(CCC(=O)O)cccc13)CCN(C(=O)CN1CCCC3(CC3)C1)C2. The van der Waals surface area contributed by atoms with Crippen LogP contribution < -0.4 is 10.5 Å². The number of nitrogens with two attached hydrogens (primary N) is 1. The first-order chi connectivity index (χ1) is 24.1. The quantitative estimate of drug-likeness (QED) is 0.198. The van der Waals surface area contributed by atoms with Gasteiger partial charge in [-0.3, -0.25) is 14.5 Å². The maximum Gasteiger partial charge on any atom is 0.303 e. The molecule has 1 saturated carbocycles. The molecule has 1 spiro atoms. The van der Waals surface area contributed by atoms with Crippen molar-refractivity contribution in [2.45, 2.75) is 65.3 Å². The minimum Gasteiger partial charge on any atom is -0.496 e. The zero-order valence-electron chi connectivity index (χ0n) is 29.4. The number of piperidine rings is 1. The Bertz CT molecular complexity index is 1910. The number of likely N-dealkylation sites (tertiary alicyclic amines) is 1. The third kappa shape index (κ3) is 7.55. The highest BCUT2D eigenvalue weighted by atomic mass is 19.1. The molecule has 2 aliphatic heterocycles. The number of halogens is 1. The molecule has 7 nitrogen and oxygen atoms in total. The van der Waals surface area contributed by atoms with Gasteiger partial charge in [-0.15, -0.1) is 0 Å². The maximum atomic E-state index is 13.3. The highest BCUT2D eigenvalue weighted by Gasteiger charge is 2.45. The van der Waals surface area contributed by atoms with Crippen LogP contribution in [-0.2, 0) is 29.0 Å². The number of carbonyl (C=O) groups excluding carboxylic acids is 1. The summed E-state index contributed by atoms with van der Waals surface area (Å²) in [5.41, 5.74) is 13.6. The molecule has 0 unspecified atom stereocenters. The van der Waals surface area contributed by atoms with Crippen molar-refractivity contribution in [3.63, 3.8) is 0 Å². The number of methoxy groups -OCH3 is 1. The molecule has 50 heavy (non-hydrogen) atoms. The first-order valence-corrected chi connectivity index (χ1v) is 17.7. The van der Waals surface area contributed by atoms with Gasteiger partial charge in [0, 0.05) is 42.9 Å². The van der Waals surface area contributed by atoms with Crippen LogP contribution in [0.5, 0.6) is 5.75 Å². The Balaban J connectivity index is 0.000000306. The predicted octanol–water partition coefficient (Wildman–Crippen LogP) is 7.75. The Labute approximate surface area is 294 Å². The van der Waals surface area contributed by atoms with Crippen molar-refractivity contribution in [1.82, 2.24) is 9.80 Å². The van der Waals surface area contributed by atoms with Crippen molar-refractivity contribution in [3.8, 4) is 16.9 Å². The van der Waals surface area contributed by atoms with Gasteiger partial charge < -0.3 is 20.5 Å². The van der Waals surface area contributed by atoms with Crippen LogP contribution in [0.4, 0.5) is 4.39 Å². The molecule has 7 rings (SSSR count). The van der Waals surface area contributed by atoms with Gasteiger partial charge in [-0.2, -0.15) is 0 Å². The van der Waals surface area contributed by atoms with Gasteiger partial charge in [-0.1, -0.05) is 60.7 Å². The van der Waals surface area contributed by atoms with E-state index < -0.39 is 5.97 Å². The molecular formula is C42H48FN3O4. The van der Waals surface area contributed by atoms with E-state index in [1.54, 1.807) is 26.2 Å². The molecule has 262 valence electrons. The van der Waals surface area contributed by atoms with Gasteiger partial charge in [-0.05, 0) is 115 Å². The Morgan fingerprint density at radius 3 is 2.48 bits per heavy atom. The number of carbonyl (C=O) groups is 2. The molecule has 3 N–H and O–H groups in total. The number of allylic oxidation sites excluding steroid dienone is 1. The van der Waals surface area contributed by atoms with E-state index in [4.69, 9.17) is 10.5 Å². The summed E-state index contributed by atoms with van der Waals surface area (Å²) >= 11 is 0. The van der Waals surface area contributed by atoms with Crippen LogP contribution in [-0.4, -0.2) is 60.1 Å². The number of aryl methyl sites for hydroxylation is 2. The highest BCUT2D eigenvalue weighted by Crippen LogP contribution is 2.52. The van der Waals surface area contributed by atoms with Gasteiger partial charge in [0.15, 0.2) is 0 Å². The van der Waals surface area contributed by atoms with E-state index in [2.05, 4.69) is 29.2 Å². The first-order valence-electron chi connectivity index (χ1n) is 17.7. The number of carboxylic acids is 1. The third-order valence-corrected chi connectivity index (χ3v) is 10.7. The van der Waals surface area contributed by atoms with Crippen molar-refractivity contribution >= 4 is 28.3 Å². The van der Waals surface area contributed by atoms with Gasteiger partial charge in [0.1, 0.15) is 11.6 Å². The van der Waals surface area contributed by atoms with Crippen LogP contribution in [0.15, 0.2) is 72.8 Å².